The normalized spacial score (nSPS) is 10.3. The van der Waals surface area contributed by atoms with Crippen LogP contribution >= 0.6 is 11.6 Å². The molecule has 1 aromatic carbocycles. The summed E-state index contributed by atoms with van der Waals surface area (Å²) in [6, 6.07) is 8.32. The molecule has 0 atom stereocenters. The first kappa shape index (κ1) is 12.3. The van der Waals surface area contributed by atoms with Crippen LogP contribution in [0.2, 0.25) is 5.02 Å². The molecule has 0 saturated carbocycles. The van der Waals surface area contributed by atoms with Crippen molar-refractivity contribution in [2.75, 3.05) is 0 Å². The fourth-order valence-electron chi connectivity index (χ4n) is 1.49. The van der Waals surface area contributed by atoms with Crippen LogP contribution in [-0.4, -0.2) is 15.5 Å². The zero-order valence-electron chi connectivity index (χ0n) is 9.34. The maximum absolute atomic E-state index is 11.7. The summed E-state index contributed by atoms with van der Waals surface area (Å²) in [5, 5.41) is 0.612. The van der Waals surface area contributed by atoms with Crippen molar-refractivity contribution in [1.82, 2.24) is 9.55 Å². The van der Waals surface area contributed by atoms with Gasteiger partial charge in [0.2, 0.25) is 5.91 Å². The van der Waals surface area contributed by atoms with Crippen LogP contribution in [0, 0.1) is 0 Å². The predicted octanol–water partition coefficient (Wildman–Crippen LogP) is 1.05. The first-order valence-electron chi connectivity index (χ1n) is 5.17. The minimum atomic E-state index is -0.585. The average Bonchev–Trinajstić information content (AvgIpc) is 2.32. The van der Waals surface area contributed by atoms with E-state index in [1.165, 1.54) is 12.4 Å². The van der Waals surface area contributed by atoms with Gasteiger partial charge >= 0.3 is 0 Å². The number of carbonyl (C=O) groups excluding carboxylic acids is 1. The number of nitrogens with zero attached hydrogens (tertiary/aromatic N) is 2. The SMILES string of the molecule is NC(=O)Cn1cnc(-c2ccc(Cl)cc2)cc1=O. The number of benzene rings is 1. The average molecular weight is 264 g/mol. The molecule has 6 heteroatoms. The van der Waals surface area contributed by atoms with Crippen molar-refractivity contribution in [2.45, 2.75) is 6.54 Å². The van der Waals surface area contributed by atoms with E-state index in [-0.39, 0.29) is 12.1 Å². The van der Waals surface area contributed by atoms with Crippen LogP contribution in [0.5, 0.6) is 0 Å². The summed E-state index contributed by atoms with van der Waals surface area (Å²) >= 11 is 5.78. The standard InChI is InChI=1S/C12H10ClN3O2/c13-9-3-1-8(2-4-9)10-5-12(18)16(7-15-10)6-11(14)17/h1-5,7H,6H2,(H2,14,17). The van der Waals surface area contributed by atoms with Gasteiger partial charge in [-0.05, 0) is 12.1 Å². The largest absolute Gasteiger partial charge is 0.368 e. The van der Waals surface area contributed by atoms with Gasteiger partial charge < -0.3 is 5.73 Å². The van der Waals surface area contributed by atoms with E-state index in [2.05, 4.69) is 4.98 Å². The molecular formula is C12H10ClN3O2. The number of carbonyl (C=O) groups is 1. The quantitative estimate of drug-likeness (QED) is 0.899. The summed E-state index contributed by atoms with van der Waals surface area (Å²) in [7, 11) is 0. The van der Waals surface area contributed by atoms with Crippen LogP contribution in [0.3, 0.4) is 0 Å². The lowest BCUT2D eigenvalue weighted by molar-refractivity contribution is -0.118. The van der Waals surface area contributed by atoms with Gasteiger partial charge in [-0.15, -0.1) is 0 Å². The predicted molar refractivity (Wildman–Crippen MR) is 68.1 cm³/mol. The van der Waals surface area contributed by atoms with Crippen molar-refractivity contribution >= 4 is 17.5 Å². The monoisotopic (exact) mass is 263 g/mol. The second-order valence-electron chi connectivity index (χ2n) is 3.71. The highest BCUT2D eigenvalue weighted by Crippen LogP contribution is 2.17. The summed E-state index contributed by atoms with van der Waals surface area (Å²) < 4.78 is 1.15. The summed E-state index contributed by atoms with van der Waals surface area (Å²) in [6.45, 7) is -0.174. The molecule has 0 aliphatic heterocycles. The summed E-state index contributed by atoms with van der Waals surface area (Å²) in [4.78, 5) is 26.5. The van der Waals surface area contributed by atoms with Crippen molar-refractivity contribution in [1.29, 1.82) is 0 Å². The van der Waals surface area contributed by atoms with E-state index >= 15 is 0 Å². The Hall–Kier alpha value is -2.14. The molecule has 0 unspecified atom stereocenters. The summed E-state index contributed by atoms with van der Waals surface area (Å²) in [6.07, 6.45) is 1.30. The van der Waals surface area contributed by atoms with Gasteiger partial charge in [-0.2, -0.15) is 0 Å². The third-order valence-electron chi connectivity index (χ3n) is 2.35. The number of aromatic nitrogens is 2. The van der Waals surface area contributed by atoms with E-state index in [4.69, 9.17) is 17.3 Å². The van der Waals surface area contributed by atoms with Crippen LogP contribution < -0.4 is 11.3 Å². The van der Waals surface area contributed by atoms with E-state index in [0.29, 0.717) is 10.7 Å². The summed E-state index contributed by atoms with van der Waals surface area (Å²) in [5.74, 6) is -0.585. The second-order valence-corrected chi connectivity index (χ2v) is 4.15. The molecule has 0 radical (unpaired) electrons. The second kappa shape index (κ2) is 5.01. The van der Waals surface area contributed by atoms with E-state index in [9.17, 15) is 9.59 Å². The van der Waals surface area contributed by atoms with E-state index in [0.717, 1.165) is 10.1 Å². The molecule has 2 N–H and O–H groups in total. The highest BCUT2D eigenvalue weighted by molar-refractivity contribution is 6.30. The number of hydrogen-bond donors (Lipinski definition) is 1. The van der Waals surface area contributed by atoms with Crippen molar-refractivity contribution < 1.29 is 4.79 Å². The van der Waals surface area contributed by atoms with Crippen LogP contribution in [0.4, 0.5) is 0 Å². The van der Waals surface area contributed by atoms with E-state index in [1.54, 1.807) is 24.3 Å². The minimum Gasteiger partial charge on any atom is -0.368 e. The van der Waals surface area contributed by atoms with Crippen LogP contribution in [0.1, 0.15) is 0 Å². The molecule has 1 heterocycles. The van der Waals surface area contributed by atoms with E-state index < -0.39 is 5.91 Å². The van der Waals surface area contributed by atoms with Crippen LogP contribution in [0.15, 0.2) is 41.5 Å². The molecule has 0 spiro atoms. The van der Waals surface area contributed by atoms with Crippen LogP contribution in [0.25, 0.3) is 11.3 Å². The van der Waals surface area contributed by atoms with Gasteiger partial charge in [0.1, 0.15) is 6.54 Å². The van der Waals surface area contributed by atoms with Crippen molar-refractivity contribution in [3.8, 4) is 11.3 Å². The van der Waals surface area contributed by atoms with Crippen molar-refractivity contribution in [3.05, 3.63) is 52.0 Å². The Morgan fingerprint density at radius 3 is 2.56 bits per heavy atom. The number of primary amides is 1. The molecular weight excluding hydrogens is 254 g/mol. The number of halogens is 1. The fourth-order valence-corrected chi connectivity index (χ4v) is 1.62. The molecule has 1 aromatic heterocycles. The van der Waals surface area contributed by atoms with Gasteiger partial charge in [0.25, 0.3) is 5.56 Å². The molecule has 0 saturated heterocycles. The maximum atomic E-state index is 11.7. The number of hydrogen-bond acceptors (Lipinski definition) is 3. The molecule has 92 valence electrons. The molecule has 18 heavy (non-hydrogen) atoms. The topological polar surface area (TPSA) is 78.0 Å². The third-order valence-corrected chi connectivity index (χ3v) is 2.60. The molecule has 0 aliphatic carbocycles. The number of nitrogens with two attached hydrogens (primary N) is 1. The third kappa shape index (κ3) is 2.75. The molecule has 5 nitrogen and oxygen atoms in total. The Morgan fingerprint density at radius 1 is 1.33 bits per heavy atom. The number of amides is 1. The molecule has 2 rings (SSSR count). The smallest absolute Gasteiger partial charge is 0.254 e. The van der Waals surface area contributed by atoms with Crippen LogP contribution in [-0.2, 0) is 11.3 Å². The van der Waals surface area contributed by atoms with Crippen molar-refractivity contribution in [3.63, 3.8) is 0 Å². The zero-order chi connectivity index (χ0) is 13.1. The van der Waals surface area contributed by atoms with Gasteiger partial charge in [0.05, 0.1) is 12.0 Å². The minimum absolute atomic E-state index is 0.174. The molecule has 0 fully saturated rings. The molecule has 0 aliphatic rings. The lowest BCUT2D eigenvalue weighted by Gasteiger charge is -2.04. The first-order valence-corrected chi connectivity index (χ1v) is 5.55. The molecule has 2 aromatic rings. The Bertz CT molecular complexity index is 635. The highest BCUT2D eigenvalue weighted by atomic mass is 35.5. The maximum Gasteiger partial charge on any atom is 0.254 e. The Morgan fingerprint density at radius 2 is 2.00 bits per heavy atom. The fraction of sp³-hybridized carbons (Fsp3) is 0.0833. The lowest BCUT2D eigenvalue weighted by Crippen LogP contribution is -2.27. The Labute approximate surface area is 108 Å². The lowest BCUT2D eigenvalue weighted by atomic mass is 10.1. The van der Waals surface area contributed by atoms with Gasteiger partial charge in [-0.3, -0.25) is 14.2 Å². The number of rotatable bonds is 3. The summed E-state index contributed by atoms with van der Waals surface area (Å²) in [5.41, 5.74) is 6.00. The van der Waals surface area contributed by atoms with Gasteiger partial charge in [-0.1, -0.05) is 23.7 Å². The zero-order valence-corrected chi connectivity index (χ0v) is 10.1. The van der Waals surface area contributed by atoms with Gasteiger partial charge in [0.15, 0.2) is 0 Å². The van der Waals surface area contributed by atoms with E-state index in [1.807, 2.05) is 0 Å². The van der Waals surface area contributed by atoms with Crippen molar-refractivity contribution in [2.24, 2.45) is 5.73 Å². The van der Waals surface area contributed by atoms with Gasteiger partial charge in [0, 0.05) is 16.7 Å². The van der Waals surface area contributed by atoms with Gasteiger partial charge in [-0.25, -0.2) is 4.98 Å². The Kier molecular flexibility index (Phi) is 3.43. The highest BCUT2D eigenvalue weighted by Gasteiger charge is 2.04. The molecule has 1 amide bonds. The Balaban J connectivity index is 2.37. The molecule has 0 bridgehead atoms. The first-order chi connectivity index (χ1) is 8.56.